The largest absolute Gasteiger partial charge is 0.496 e. The summed E-state index contributed by atoms with van der Waals surface area (Å²) in [7, 11) is 1.68. The van der Waals surface area contributed by atoms with Crippen LogP contribution < -0.4 is 4.74 Å². The zero-order valence-corrected chi connectivity index (χ0v) is 19.6. The van der Waals surface area contributed by atoms with Crippen LogP contribution in [-0.4, -0.2) is 31.8 Å². The van der Waals surface area contributed by atoms with Gasteiger partial charge < -0.3 is 4.74 Å². The molecule has 0 aliphatic heterocycles. The van der Waals surface area contributed by atoms with Crippen LogP contribution in [0.4, 0.5) is 0 Å². The van der Waals surface area contributed by atoms with Crippen molar-refractivity contribution in [2.45, 2.75) is 17.5 Å². The van der Waals surface area contributed by atoms with Crippen molar-refractivity contribution in [3.8, 4) is 27.7 Å². The van der Waals surface area contributed by atoms with Crippen molar-refractivity contribution in [1.29, 1.82) is 0 Å². The van der Waals surface area contributed by atoms with Crippen LogP contribution >= 0.6 is 23.1 Å². The first kappa shape index (κ1) is 21.4. The second-order valence-electron chi connectivity index (χ2n) is 7.25. The number of thioether (sulfide) groups is 1. The number of rotatable bonds is 8. The molecule has 0 aliphatic rings. The third-order valence-corrected chi connectivity index (χ3v) is 7.00. The molecule has 5 aromatic rings. The molecule has 33 heavy (non-hydrogen) atoms. The average Bonchev–Trinajstić information content (AvgIpc) is 3.51. The third kappa shape index (κ3) is 4.81. The van der Waals surface area contributed by atoms with Gasteiger partial charge in [-0.3, -0.25) is 9.55 Å². The van der Waals surface area contributed by atoms with E-state index in [9.17, 15) is 0 Å². The maximum absolute atomic E-state index is 5.49. The van der Waals surface area contributed by atoms with Crippen molar-refractivity contribution in [1.82, 2.24) is 24.7 Å². The lowest BCUT2D eigenvalue weighted by Gasteiger charge is -2.10. The quantitative estimate of drug-likeness (QED) is 0.266. The molecule has 0 atom stereocenters. The molecule has 0 aliphatic carbocycles. The highest BCUT2D eigenvalue weighted by molar-refractivity contribution is 7.98. The Hall–Kier alpha value is -3.49. The third-order valence-electron chi connectivity index (χ3n) is 5.08. The average molecular weight is 472 g/mol. The topological polar surface area (TPSA) is 65.7 Å². The number of thiazole rings is 1. The second-order valence-corrected chi connectivity index (χ2v) is 9.05. The number of nitrogens with zero attached hydrogens (tertiary/aromatic N) is 5. The number of benzene rings is 2. The maximum Gasteiger partial charge on any atom is 0.192 e. The van der Waals surface area contributed by atoms with E-state index in [1.165, 1.54) is 5.56 Å². The summed E-state index contributed by atoms with van der Waals surface area (Å²) in [5.74, 6) is 2.36. The number of methoxy groups -OCH3 is 1. The molecular formula is C25H21N5OS2. The second kappa shape index (κ2) is 9.97. The molecule has 3 aromatic heterocycles. The highest BCUT2D eigenvalue weighted by Gasteiger charge is 2.16. The minimum absolute atomic E-state index is 0.692. The van der Waals surface area contributed by atoms with Crippen molar-refractivity contribution in [3.05, 3.63) is 95.8 Å². The van der Waals surface area contributed by atoms with E-state index in [0.29, 0.717) is 12.3 Å². The van der Waals surface area contributed by atoms with Gasteiger partial charge in [-0.2, -0.15) is 0 Å². The first-order chi connectivity index (χ1) is 16.3. The normalized spacial score (nSPS) is 10.9. The molecule has 2 aromatic carbocycles. The molecular weight excluding hydrogens is 450 g/mol. The van der Waals surface area contributed by atoms with E-state index in [-0.39, 0.29) is 0 Å². The molecule has 0 fully saturated rings. The molecule has 6 nitrogen and oxygen atoms in total. The summed E-state index contributed by atoms with van der Waals surface area (Å²) >= 11 is 3.26. The number of aromatic nitrogens is 5. The van der Waals surface area contributed by atoms with Crippen LogP contribution in [0.15, 0.2) is 89.7 Å². The van der Waals surface area contributed by atoms with Crippen molar-refractivity contribution in [2.75, 3.05) is 7.11 Å². The number of ether oxygens (including phenoxy) is 1. The van der Waals surface area contributed by atoms with Gasteiger partial charge in [-0.05, 0) is 29.8 Å². The van der Waals surface area contributed by atoms with Crippen molar-refractivity contribution >= 4 is 23.1 Å². The smallest absolute Gasteiger partial charge is 0.192 e. The van der Waals surface area contributed by atoms with Gasteiger partial charge in [0.1, 0.15) is 10.8 Å². The lowest BCUT2D eigenvalue weighted by Crippen LogP contribution is -2.04. The van der Waals surface area contributed by atoms with Gasteiger partial charge in [-0.15, -0.1) is 21.5 Å². The summed E-state index contributed by atoms with van der Waals surface area (Å²) in [5.41, 5.74) is 4.20. The van der Waals surface area contributed by atoms with Crippen LogP contribution in [0.5, 0.6) is 5.75 Å². The van der Waals surface area contributed by atoms with Gasteiger partial charge in [0.15, 0.2) is 11.0 Å². The summed E-state index contributed by atoms with van der Waals surface area (Å²) in [5, 5.41) is 12.9. The standard InChI is InChI=1S/C25H21N5OS2/c1-31-22-10-6-5-9-21(22)24-27-20(16-32-24)17-33-25-29-28-23(19-11-13-26-14-12-19)30(25)15-18-7-3-2-4-8-18/h2-14,16H,15,17H2,1H3. The Bertz CT molecular complexity index is 1340. The molecule has 0 amide bonds. The predicted molar refractivity (Wildman–Crippen MR) is 132 cm³/mol. The Labute approximate surface area is 200 Å². The molecule has 5 rings (SSSR count). The minimum Gasteiger partial charge on any atom is -0.496 e. The summed E-state index contributed by atoms with van der Waals surface area (Å²) in [4.78, 5) is 8.96. The monoisotopic (exact) mass is 471 g/mol. The highest BCUT2D eigenvalue weighted by atomic mass is 32.2. The van der Waals surface area contributed by atoms with Crippen LogP contribution in [-0.2, 0) is 12.3 Å². The molecule has 0 unspecified atom stereocenters. The summed E-state index contributed by atoms with van der Waals surface area (Å²) in [6, 6.07) is 22.2. The molecule has 0 saturated heterocycles. The van der Waals surface area contributed by atoms with Crippen LogP contribution in [0, 0.1) is 0 Å². The zero-order valence-electron chi connectivity index (χ0n) is 18.0. The van der Waals surface area contributed by atoms with Crippen molar-refractivity contribution < 1.29 is 4.74 Å². The van der Waals surface area contributed by atoms with E-state index in [0.717, 1.165) is 38.6 Å². The van der Waals surface area contributed by atoms with Crippen molar-refractivity contribution in [3.63, 3.8) is 0 Å². The van der Waals surface area contributed by atoms with E-state index >= 15 is 0 Å². The summed E-state index contributed by atoms with van der Waals surface area (Å²) in [6.07, 6.45) is 3.55. The Balaban J connectivity index is 1.40. The number of hydrogen-bond acceptors (Lipinski definition) is 7. The minimum atomic E-state index is 0.692. The first-order valence-electron chi connectivity index (χ1n) is 10.4. The fourth-order valence-electron chi connectivity index (χ4n) is 3.48. The van der Waals surface area contributed by atoms with Gasteiger partial charge in [0, 0.05) is 29.1 Å². The van der Waals surface area contributed by atoms with E-state index in [1.807, 2.05) is 54.6 Å². The molecule has 164 valence electrons. The maximum atomic E-state index is 5.49. The molecule has 8 heteroatoms. The molecule has 0 radical (unpaired) electrons. The zero-order chi connectivity index (χ0) is 22.5. The Morgan fingerprint density at radius 1 is 0.939 bits per heavy atom. The Kier molecular flexibility index (Phi) is 6.46. The first-order valence-corrected chi connectivity index (χ1v) is 12.3. The van der Waals surface area contributed by atoms with Gasteiger partial charge in [-0.25, -0.2) is 4.98 Å². The van der Waals surface area contributed by atoms with Gasteiger partial charge in [-0.1, -0.05) is 54.2 Å². The van der Waals surface area contributed by atoms with Gasteiger partial charge in [0.25, 0.3) is 0 Å². The van der Waals surface area contributed by atoms with Gasteiger partial charge in [0.05, 0.1) is 24.9 Å². The summed E-state index contributed by atoms with van der Waals surface area (Å²) in [6.45, 7) is 0.692. The molecule has 0 N–H and O–H groups in total. The van der Waals surface area contributed by atoms with Gasteiger partial charge >= 0.3 is 0 Å². The molecule has 0 saturated carbocycles. The van der Waals surface area contributed by atoms with Crippen LogP contribution in [0.3, 0.4) is 0 Å². The Morgan fingerprint density at radius 2 is 1.73 bits per heavy atom. The predicted octanol–water partition coefficient (Wildman–Crippen LogP) is 5.81. The van der Waals surface area contributed by atoms with E-state index in [4.69, 9.17) is 9.72 Å². The summed E-state index contributed by atoms with van der Waals surface area (Å²) < 4.78 is 7.65. The van der Waals surface area contributed by atoms with E-state index < -0.39 is 0 Å². The fourth-order valence-corrected chi connectivity index (χ4v) is 5.26. The number of pyridine rings is 1. The van der Waals surface area contributed by atoms with Crippen molar-refractivity contribution in [2.24, 2.45) is 0 Å². The molecule has 0 spiro atoms. The van der Waals surface area contributed by atoms with E-state index in [2.05, 4.69) is 37.3 Å². The fraction of sp³-hybridized carbons (Fsp3) is 0.120. The lowest BCUT2D eigenvalue weighted by molar-refractivity contribution is 0.416. The SMILES string of the molecule is COc1ccccc1-c1nc(CSc2nnc(-c3ccncc3)n2Cc2ccccc2)cs1. The van der Waals surface area contributed by atoms with Gasteiger partial charge in [0.2, 0.25) is 0 Å². The van der Waals surface area contributed by atoms with Crippen LogP contribution in [0.1, 0.15) is 11.3 Å². The lowest BCUT2D eigenvalue weighted by atomic mass is 10.2. The van der Waals surface area contributed by atoms with Crippen LogP contribution in [0.25, 0.3) is 22.0 Å². The van der Waals surface area contributed by atoms with Crippen LogP contribution in [0.2, 0.25) is 0 Å². The highest BCUT2D eigenvalue weighted by Crippen LogP contribution is 2.33. The molecule has 0 bridgehead atoms. The van der Waals surface area contributed by atoms with E-state index in [1.54, 1.807) is 42.6 Å². The molecule has 3 heterocycles. The Morgan fingerprint density at radius 3 is 2.55 bits per heavy atom. The number of para-hydroxylation sites is 1. The number of hydrogen-bond donors (Lipinski definition) is 0.